The summed E-state index contributed by atoms with van der Waals surface area (Å²) in [5, 5.41) is 10.7. The molecule has 8 heteroatoms. The molecule has 1 heterocycles. The Balaban J connectivity index is 2.01. The van der Waals surface area contributed by atoms with Gasteiger partial charge in [-0.25, -0.2) is 4.98 Å². The minimum Gasteiger partial charge on any atom is -0.465 e. The van der Waals surface area contributed by atoms with Crippen LogP contribution in [-0.2, 0) is 15.3 Å². The van der Waals surface area contributed by atoms with Crippen molar-refractivity contribution >= 4 is 34.5 Å². The van der Waals surface area contributed by atoms with Crippen molar-refractivity contribution in [3.63, 3.8) is 0 Å². The van der Waals surface area contributed by atoms with Gasteiger partial charge in [-0.2, -0.15) is 0 Å². The molecule has 1 N–H and O–H groups in total. The number of thioether (sulfide) groups is 1. The van der Waals surface area contributed by atoms with E-state index in [4.69, 9.17) is 4.74 Å². The quantitative estimate of drug-likeness (QED) is 0.498. The number of benzene rings is 1. The molecule has 0 aliphatic carbocycles. The summed E-state index contributed by atoms with van der Waals surface area (Å²) in [5.41, 5.74) is 1.31. The van der Waals surface area contributed by atoms with Crippen molar-refractivity contribution in [2.24, 2.45) is 0 Å². The number of nitro benzene ring substituents is 1. The van der Waals surface area contributed by atoms with Gasteiger partial charge >= 0.3 is 5.97 Å². The molecule has 0 saturated carbocycles. The maximum atomic E-state index is 11.2. The first kappa shape index (κ1) is 14.3. The second kappa shape index (κ2) is 6.38. The van der Waals surface area contributed by atoms with Crippen molar-refractivity contribution in [1.29, 1.82) is 0 Å². The number of non-ortho nitro benzene ring substituents is 1. The summed E-state index contributed by atoms with van der Waals surface area (Å²) in [7, 11) is 0. The average Bonchev–Trinajstić information content (AvgIpc) is 2.80. The maximum absolute atomic E-state index is 11.2. The number of fused-ring (bicyclic) bond motifs is 1. The number of carbonyl (C=O) groups is 1. The van der Waals surface area contributed by atoms with Gasteiger partial charge in [0.1, 0.15) is 5.82 Å². The number of nitrogens with zero attached hydrogens (tertiary/aromatic N) is 2. The average molecular weight is 295 g/mol. The minimum absolute atomic E-state index is 0.0203. The lowest BCUT2D eigenvalue weighted by atomic mass is 10.3. The third-order valence-electron chi connectivity index (χ3n) is 2.49. The highest BCUT2D eigenvalue weighted by Crippen LogP contribution is 2.20. The molecule has 0 spiro atoms. The number of aromatic nitrogens is 2. The van der Waals surface area contributed by atoms with Crippen LogP contribution in [0.3, 0.4) is 0 Å². The third-order valence-corrected chi connectivity index (χ3v) is 3.41. The van der Waals surface area contributed by atoms with Crippen molar-refractivity contribution in [3.05, 3.63) is 34.1 Å². The number of rotatable bonds is 6. The van der Waals surface area contributed by atoms with E-state index in [9.17, 15) is 14.9 Å². The van der Waals surface area contributed by atoms with E-state index in [2.05, 4.69) is 9.97 Å². The number of imidazole rings is 1. The first-order valence-corrected chi connectivity index (χ1v) is 7.12. The topological polar surface area (TPSA) is 98.1 Å². The van der Waals surface area contributed by atoms with Gasteiger partial charge in [0.05, 0.1) is 34.1 Å². The molecule has 0 aliphatic rings. The second-order valence-electron chi connectivity index (χ2n) is 3.94. The van der Waals surface area contributed by atoms with Crippen molar-refractivity contribution < 1.29 is 14.5 Å². The van der Waals surface area contributed by atoms with Gasteiger partial charge in [0.25, 0.3) is 5.69 Å². The van der Waals surface area contributed by atoms with Crippen LogP contribution in [0.1, 0.15) is 12.7 Å². The van der Waals surface area contributed by atoms with Gasteiger partial charge < -0.3 is 9.72 Å². The number of nitro groups is 1. The van der Waals surface area contributed by atoms with Crippen LogP contribution in [-0.4, -0.2) is 33.2 Å². The molecule has 20 heavy (non-hydrogen) atoms. The Bertz CT molecular complexity index is 641. The Labute approximate surface area is 118 Å². The zero-order chi connectivity index (χ0) is 14.5. The fourth-order valence-corrected chi connectivity index (χ4v) is 2.35. The summed E-state index contributed by atoms with van der Waals surface area (Å²) in [6, 6.07) is 4.46. The summed E-state index contributed by atoms with van der Waals surface area (Å²) < 4.78 is 4.82. The number of esters is 1. The Hall–Kier alpha value is -2.09. The van der Waals surface area contributed by atoms with E-state index in [1.807, 2.05) is 0 Å². The Morgan fingerprint density at radius 3 is 3.05 bits per heavy atom. The van der Waals surface area contributed by atoms with Crippen molar-refractivity contribution in [3.8, 4) is 0 Å². The Kier molecular flexibility index (Phi) is 4.57. The fraction of sp³-hybridized carbons (Fsp3) is 0.333. The summed E-state index contributed by atoms with van der Waals surface area (Å²) in [6.45, 7) is 2.13. The molecular formula is C12H13N3O4S. The molecule has 1 aromatic heterocycles. The van der Waals surface area contributed by atoms with Gasteiger partial charge in [0, 0.05) is 12.1 Å². The highest BCUT2D eigenvalue weighted by atomic mass is 32.2. The molecule has 0 amide bonds. The van der Waals surface area contributed by atoms with Gasteiger partial charge in [-0.3, -0.25) is 14.9 Å². The summed E-state index contributed by atoms with van der Waals surface area (Å²) in [5.74, 6) is 1.19. The van der Waals surface area contributed by atoms with Crippen molar-refractivity contribution in [1.82, 2.24) is 9.97 Å². The SMILES string of the molecule is CCOC(=O)CSCc1nc2ccc([N+](=O)[O-])cc2[nH]1. The smallest absolute Gasteiger partial charge is 0.315 e. The molecule has 2 aromatic rings. The van der Waals surface area contributed by atoms with E-state index < -0.39 is 4.92 Å². The van der Waals surface area contributed by atoms with E-state index in [-0.39, 0.29) is 17.4 Å². The van der Waals surface area contributed by atoms with E-state index in [0.29, 0.717) is 29.2 Å². The number of aromatic amines is 1. The molecule has 0 bridgehead atoms. The number of H-pyrrole nitrogens is 1. The van der Waals surface area contributed by atoms with E-state index in [0.717, 1.165) is 0 Å². The van der Waals surface area contributed by atoms with Gasteiger partial charge in [-0.05, 0) is 13.0 Å². The van der Waals surface area contributed by atoms with Gasteiger partial charge in [0.2, 0.25) is 0 Å². The lowest BCUT2D eigenvalue weighted by Gasteiger charge is -1.99. The van der Waals surface area contributed by atoms with Gasteiger partial charge in [-0.1, -0.05) is 0 Å². The molecule has 7 nitrogen and oxygen atoms in total. The zero-order valence-corrected chi connectivity index (χ0v) is 11.6. The van der Waals surface area contributed by atoms with Crippen LogP contribution in [0.5, 0.6) is 0 Å². The zero-order valence-electron chi connectivity index (χ0n) is 10.8. The first-order valence-electron chi connectivity index (χ1n) is 5.96. The maximum Gasteiger partial charge on any atom is 0.315 e. The molecular weight excluding hydrogens is 282 g/mol. The van der Waals surface area contributed by atoms with Gasteiger partial charge in [-0.15, -0.1) is 11.8 Å². The standard InChI is InChI=1S/C12H13N3O4S/c1-2-19-12(16)7-20-6-11-13-9-4-3-8(15(17)18)5-10(9)14-11/h3-5H,2,6-7H2,1H3,(H,13,14). The minimum atomic E-state index is -0.449. The molecule has 1 aromatic carbocycles. The number of nitrogens with one attached hydrogen (secondary N) is 1. The van der Waals surface area contributed by atoms with Crippen molar-refractivity contribution in [2.45, 2.75) is 12.7 Å². The molecule has 0 aliphatic heterocycles. The highest BCUT2D eigenvalue weighted by molar-refractivity contribution is 7.99. The van der Waals surface area contributed by atoms with Crippen molar-refractivity contribution in [2.75, 3.05) is 12.4 Å². The third kappa shape index (κ3) is 3.47. The monoisotopic (exact) mass is 295 g/mol. The Morgan fingerprint density at radius 2 is 2.35 bits per heavy atom. The molecule has 0 atom stereocenters. The number of hydrogen-bond donors (Lipinski definition) is 1. The number of hydrogen-bond acceptors (Lipinski definition) is 6. The first-order chi connectivity index (χ1) is 9.60. The predicted molar refractivity (Wildman–Crippen MR) is 75.5 cm³/mol. The Morgan fingerprint density at radius 1 is 1.55 bits per heavy atom. The molecule has 0 saturated heterocycles. The lowest BCUT2D eigenvalue weighted by molar-refractivity contribution is -0.384. The molecule has 0 radical (unpaired) electrons. The predicted octanol–water partition coefficient (Wildman–Crippen LogP) is 2.27. The van der Waals surface area contributed by atoms with Crippen LogP contribution in [0, 0.1) is 10.1 Å². The van der Waals surface area contributed by atoms with Crippen LogP contribution in [0.15, 0.2) is 18.2 Å². The molecule has 0 unspecified atom stereocenters. The largest absolute Gasteiger partial charge is 0.465 e. The molecule has 0 fully saturated rings. The number of ether oxygens (including phenoxy) is 1. The van der Waals surface area contributed by atoms with E-state index in [1.54, 1.807) is 13.0 Å². The van der Waals surface area contributed by atoms with E-state index in [1.165, 1.54) is 23.9 Å². The fourth-order valence-electron chi connectivity index (χ4n) is 1.67. The van der Waals surface area contributed by atoms with E-state index >= 15 is 0 Å². The summed E-state index contributed by atoms with van der Waals surface area (Å²) >= 11 is 1.38. The van der Waals surface area contributed by atoms with Crippen LogP contribution >= 0.6 is 11.8 Å². The van der Waals surface area contributed by atoms with Crippen LogP contribution in [0.25, 0.3) is 11.0 Å². The second-order valence-corrected chi connectivity index (χ2v) is 4.93. The normalized spacial score (nSPS) is 10.7. The highest BCUT2D eigenvalue weighted by Gasteiger charge is 2.10. The van der Waals surface area contributed by atoms with Gasteiger partial charge in [0.15, 0.2) is 0 Å². The molecule has 2 rings (SSSR count). The summed E-state index contributed by atoms with van der Waals surface area (Å²) in [6.07, 6.45) is 0. The summed E-state index contributed by atoms with van der Waals surface area (Å²) in [4.78, 5) is 28.7. The molecule has 106 valence electrons. The van der Waals surface area contributed by atoms with Crippen LogP contribution < -0.4 is 0 Å². The number of carbonyl (C=O) groups excluding carboxylic acids is 1. The lowest BCUT2D eigenvalue weighted by Crippen LogP contribution is -2.06. The van der Waals surface area contributed by atoms with Crippen LogP contribution in [0.2, 0.25) is 0 Å². The van der Waals surface area contributed by atoms with Crippen LogP contribution in [0.4, 0.5) is 5.69 Å².